The summed E-state index contributed by atoms with van der Waals surface area (Å²) in [6.07, 6.45) is -1.33. The van der Waals surface area contributed by atoms with Gasteiger partial charge in [0.2, 0.25) is 0 Å². The van der Waals surface area contributed by atoms with Gasteiger partial charge in [0.25, 0.3) is 5.78 Å². The van der Waals surface area contributed by atoms with E-state index in [4.69, 9.17) is 10.2 Å². The van der Waals surface area contributed by atoms with Gasteiger partial charge in [-0.3, -0.25) is 4.79 Å². The lowest BCUT2D eigenvalue weighted by atomic mass is 9.89. The second-order valence-electron chi connectivity index (χ2n) is 9.65. The van der Waals surface area contributed by atoms with Gasteiger partial charge in [0.15, 0.2) is 0 Å². The number of aryl methyl sites for hydroxylation is 3. The van der Waals surface area contributed by atoms with Crippen molar-refractivity contribution in [3.63, 3.8) is 0 Å². The number of carbonyl (C=O) groups excluding carboxylic acids is 1. The number of Topliss-reactive ketones (excluding diaryl/α,β-unsaturated/α-hetero) is 1. The molecule has 0 amide bonds. The number of aliphatic hydroxyl groups is 2. The summed E-state index contributed by atoms with van der Waals surface area (Å²) in [5.74, 6) is -3.37. The maximum atomic E-state index is 11.3. The molecule has 0 saturated carbocycles. The Hall–Kier alpha value is -4.59. The number of hydrogen-bond acceptors (Lipinski definition) is 5. The standard InChI is InChI=1S/C16H18O2.C11H12O3.C7H6O2/c1-12(15(17)13-8-4-2-5-9-13)16(18)14-10-6-3-7-11-14;1-6-4-7(2)9(8(3)5-6)10(12)11(13)14;8-7(9)6-4-2-1-3-5-6/h2-12,15-18H,1H3;4-5H,1-3H3,(H,13,14);1-5H,(H,8,9). The van der Waals surface area contributed by atoms with Gasteiger partial charge in [-0.05, 0) is 55.2 Å². The molecule has 4 aromatic rings. The van der Waals surface area contributed by atoms with Gasteiger partial charge < -0.3 is 20.4 Å². The Labute approximate surface area is 240 Å². The summed E-state index contributed by atoms with van der Waals surface area (Å²) in [6.45, 7) is 7.26. The number of aromatic carboxylic acids is 1. The molecule has 2 unspecified atom stereocenters. The van der Waals surface area contributed by atoms with Crippen molar-refractivity contribution in [2.45, 2.75) is 39.9 Å². The zero-order valence-corrected chi connectivity index (χ0v) is 23.6. The second kappa shape index (κ2) is 15.9. The van der Waals surface area contributed by atoms with E-state index < -0.39 is 29.9 Å². The SMILES string of the molecule is CC(C(O)c1ccccc1)C(O)c1ccccc1.Cc1cc(C)c(C(=O)C(=O)O)c(C)c1.O=C(O)c1ccccc1. The molecule has 4 rings (SSSR count). The summed E-state index contributed by atoms with van der Waals surface area (Å²) < 4.78 is 0. The van der Waals surface area contributed by atoms with Crippen LogP contribution in [0, 0.1) is 26.7 Å². The van der Waals surface area contributed by atoms with Crippen LogP contribution in [0.2, 0.25) is 0 Å². The predicted molar refractivity (Wildman–Crippen MR) is 158 cm³/mol. The first-order valence-corrected chi connectivity index (χ1v) is 13.0. The number of rotatable bonds is 7. The van der Waals surface area contributed by atoms with Crippen LogP contribution < -0.4 is 0 Å². The molecule has 4 N–H and O–H groups in total. The van der Waals surface area contributed by atoms with Crippen LogP contribution in [0.3, 0.4) is 0 Å². The second-order valence-corrected chi connectivity index (χ2v) is 9.65. The van der Waals surface area contributed by atoms with Crippen LogP contribution in [0.4, 0.5) is 0 Å². The van der Waals surface area contributed by atoms with E-state index in [1.54, 1.807) is 44.2 Å². The summed E-state index contributed by atoms with van der Waals surface area (Å²) in [5.41, 5.74) is 4.77. The molecule has 0 aliphatic carbocycles. The fraction of sp³-hybridized carbons (Fsp3) is 0.206. The smallest absolute Gasteiger partial charge is 0.377 e. The third kappa shape index (κ3) is 9.83. The molecule has 0 spiro atoms. The number of carboxylic acid groups (broad SMARTS) is 2. The molecular weight excluding hydrogens is 520 g/mol. The largest absolute Gasteiger partial charge is 0.478 e. The highest BCUT2D eigenvalue weighted by Crippen LogP contribution is 2.32. The van der Waals surface area contributed by atoms with Crippen molar-refractivity contribution in [1.82, 2.24) is 0 Å². The maximum absolute atomic E-state index is 11.3. The van der Waals surface area contributed by atoms with Gasteiger partial charge in [-0.1, -0.05) is 103 Å². The lowest BCUT2D eigenvalue weighted by molar-refractivity contribution is -0.131. The fourth-order valence-corrected chi connectivity index (χ4v) is 4.31. The summed E-state index contributed by atoms with van der Waals surface area (Å²) >= 11 is 0. The Morgan fingerprint density at radius 3 is 1.29 bits per heavy atom. The van der Waals surface area contributed by atoms with E-state index in [0.717, 1.165) is 27.8 Å². The Kier molecular flexibility index (Phi) is 12.6. The molecule has 0 heterocycles. The van der Waals surface area contributed by atoms with Crippen LogP contribution in [0.1, 0.15) is 67.7 Å². The van der Waals surface area contributed by atoms with Crippen LogP contribution in [0.5, 0.6) is 0 Å². The Morgan fingerprint density at radius 1 is 0.610 bits per heavy atom. The quantitative estimate of drug-likeness (QED) is 0.154. The number of aliphatic hydroxyl groups excluding tert-OH is 2. The highest BCUT2D eigenvalue weighted by Gasteiger charge is 2.24. The zero-order chi connectivity index (χ0) is 30.5. The lowest BCUT2D eigenvalue weighted by Gasteiger charge is -2.24. The van der Waals surface area contributed by atoms with Crippen molar-refractivity contribution < 1.29 is 34.8 Å². The van der Waals surface area contributed by atoms with E-state index in [9.17, 15) is 24.6 Å². The molecule has 4 aromatic carbocycles. The van der Waals surface area contributed by atoms with Gasteiger partial charge >= 0.3 is 11.9 Å². The van der Waals surface area contributed by atoms with Crippen molar-refractivity contribution in [2.24, 2.45) is 5.92 Å². The summed E-state index contributed by atoms with van der Waals surface area (Å²) in [7, 11) is 0. The first-order chi connectivity index (χ1) is 19.4. The van der Waals surface area contributed by atoms with E-state index in [-0.39, 0.29) is 5.92 Å². The van der Waals surface area contributed by atoms with Gasteiger partial charge in [-0.25, -0.2) is 9.59 Å². The highest BCUT2D eigenvalue weighted by molar-refractivity contribution is 6.40. The lowest BCUT2D eigenvalue weighted by Crippen LogP contribution is -2.17. The molecule has 0 aromatic heterocycles. The minimum atomic E-state index is -1.40. The first kappa shape index (κ1) is 32.6. The average Bonchev–Trinajstić information content (AvgIpc) is 2.97. The third-order valence-corrected chi connectivity index (χ3v) is 6.40. The first-order valence-electron chi connectivity index (χ1n) is 13.0. The van der Waals surface area contributed by atoms with Crippen LogP contribution in [-0.4, -0.2) is 38.1 Å². The van der Waals surface area contributed by atoms with Crippen molar-refractivity contribution in [3.8, 4) is 0 Å². The minimum Gasteiger partial charge on any atom is -0.478 e. The molecule has 0 aliphatic heterocycles. The predicted octanol–water partition coefficient (Wildman–Crippen LogP) is 6.35. The molecule has 2 atom stereocenters. The zero-order valence-electron chi connectivity index (χ0n) is 23.6. The van der Waals surface area contributed by atoms with Gasteiger partial charge in [0.05, 0.1) is 17.8 Å². The van der Waals surface area contributed by atoms with Crippen molar-refractivity contribution >= 4 is 17.7 Å². The molecule has 214 valence electrons. The number of carboxylic acids is 2. The number of ketones is 1. The molecule has 0 fully saturated rings. The molecule has 0 radical (unpaired) electrons. The highest BCUT2D eigenvalue weighted by atomic mass is 16.4. The van der Waals surface area contributed by atoms with Crippen LogP contribution >= 0.6 is 0 Å². The molecule has 0 bridgehead atoms. The summed E-state index contributed by atoms with van der Waals surface area (Å²) in [5, 5.41) is 37.5. The van der Waals surface area contributed by atoms with Crippen molar-refractivity contribution in [2.75, 3.05) is 0 Å². The van der Waals surface area contributed by atoms with E-state index in [1.165, 1.54) is 0 Å². The van der Waals surface area contributed by atoms with Gasteiger partial charge in [-0.15, -0.1) is 0 Å². The van der Waals surface area contributed by atoms with Crippen LogP contribution in [0.25, 0.3) is 0 Å². The minimum absolute atomic E-state index is 0.255. The van der Waals surface area contributed by atoms with Gasteiger partial charge in [0.1, 0.15) is 0 Å². The number of carbonyl (C=O) groups is 3. The molecule has 0 aliphatic rings. The van der Waals surface area contributed by atoms with Gasteiger partial charge in [0, 0.05) is 11.5 Å². The van der Waals surface area contributed by atoms with Crippen molar-refractivity contribution in [3.05, 3.63) is 142 Å². The van der Waals surface area contributed by atoms with E-state index in [0.29, 0.717) is 11.1 Å². The summed E-state index contributed by atoms with van der Waals surface area (Å²) in [4.78, 5) is 32.0. The Bertz CT molecular complexity index is 1350. The van der Waals surface area contributed by atoms with Gasteiger partial charge in [-0.2, -0.15) is 0 Å². The molecule has 7 heteroatoms. The van der Waals surface area contributed by atoms with E-state index in [2.05, 4.69) is 0 Å². The molecule has 7 nitrogen and oxygen atoms in total. The number of hydrogen-bond donors (Lipinski definition) is 4. The van der Waals surface area contributed by atoms with Crippen molar-refractivity contribution in [1.29, 1.82) is 0 Å². The Morgan fingerprint density at radius 2 is 0.976 bits per heavy atom. The topological polar surface area (TPSA) is 132 Å². The normalized spacial score (nSPS) is 12.3. The number of benzene rings is 4. The van der Waals surface area contributed by atoms with Crippen LogP contribution in [0.15, 0.2) is 103 Å². The fourth-order valence-electron chi connectivity index (χ4n) is 4.31. The maximum Gasteiger partial charge on any atom is 0.377 e. The molecule has 0 saturated heterocycles. The summed E-state index contributed by atoms with van der Waals surface area (Å²) in [6, 6.07) is 30.8. The molecule has 41 heavy (non-hydrogen) atoms. The van der Waals surface area contributed by atoms with E-state index in [1.807, 2.05) is 86.6 Å². The van der Waals surface area contributed by atoms with E-state index >= 15 is 0 Å². The van der Waals surface area contributed by atoms with Crippen LogP contribution in [-0.2, 0) is 4.79 Å². The average molecular weight is 557 g/mol. The number of aliphatic carboxylic acids is 1. The third-order valence-electron chi connectivity index (χ3n) is 6.40. The monoisotopic (exact) mass is 556 g/mol. The molecular formula is C34H36O7. The Balaban J connectivity index is 0.000000228.